The lowest BCUT2D eigenvalue weighted by Gasteiger charge is -2.31. The minimum absolute atomic E-state index is 0.0802. The fraction of sp³-hybridized carbons (Fsp3) is 0.500. The third kappa shape index (κ3) is 4.45. The summed E-state index contributed by atoms with van der Waals surface area (Å²) in [6.07, 6.45) is 3.03. The van der Waals surface area contributed by atoms with Crippen LogP contribution in [0.15, 0.2) is 18.2 Å². The van der Waals surface area contributed by atoms with E-state index < -0.39 is 12.0 Å². The summed E-state index contributed by atoms with van der Waals surface area (Å²) in [5.74, 6) is -1.49. The molecule has 0 unspecified atom stereocenters. The van der Waals surface area contributed by atoms with Crippen molar-refractivity contribution in [3.05, 3.63) is 28.8 Å². The molecular formula is C16H21ClN2O3. The molecule has 0 spiro atoms. The molecule has 1 saturated heterocycles. The second kappa shape index (κ2) is 7.61. The first-order valence-corrected chi connectivity index (χ1v) is 7.96. The van der Waals surface area contributed by atoms with Gasteiger partial charge in [-0.15, -0.1) is 0 Å². The van der Waals surface area contributed by atoms with E-state index in [9.17, 15) is 14.7 Å². The Bertz CT molecular complexity index is 556. The molecule has 120 valence electrons. The number of aryl methyl sites for hydroxylation is 1. The zero-order valence-corrected chi connectivity index (χ0v) is 13.4. The molecular weight excluding hydrogens is 304 g/mol. The number of amides is 1. The molecule has 1 atom stereocenters. The van der Waals surface area contributed by atoms with Gasteiger partial charge in [0.15, 0.2) is 0 Å². The summed E-state index contributed by atoms with van der Waals surface area (Å²) in [7, 11) is 0. The number of benzene rings is 1. The number of carbonyl (C=O) groups is 2. The first-order chi connectivity index (χ1) is 10.5. The molecule has 2 N–H and O–H groups in total. The third-order valence-electron chi connectivity index (χ3n) is 4.12. The number of likely N-dealkylation sites (tertiary alicyclic amines) is 1. The van der Waals surface area contributed by atoms with E-state index in [1.807, 2.05) is 13.0 Å². The number of anilines is 1. The van der Waals surface area contributed by atoms with E-state index in [0.717, 1.165) is 42.8 Å². The average Bonchev–Trinajstić information content (AvgIpc) is 2.49. The SMILES string of the molecule is Cc1ccc(NC(=O)C[C@H](C(=O)[O-])[NH+]2CCCCC2)cc1Cl. The number of quaternary nitrogens is 1. The lowest BCUT2D eigenvalue weighted by Crippen LogP contribution is -3.18. The van der Waals surface area contributed by atoms with Gasteiger partial charge >= 0.3 is 0 Å². The van der Waals surface area contributed by atoms with Crippen LogP contribution in [-0.2, 0) is 9.59 Å². The van der Waals surface area contributed by atoms with Crippen LogP contribution in [0.1, 0.15) is 31.2 Å². The lowest BCUT2D eigenvalue weighted by atomic mass is 10.1. The van der Waals surface area contributed by atoms with Gasteiger partial charge in [0.05, 0.1) is 25.5 Å². The van der Waals surface area contributed by atoms with E-state index >= 15 is 0 Å². The summed E-state index contributed by atoms with van der Waals surface area (Å²) in [5, 5.41) is 14.6. The minimum atomic E-state index is -1.16. The Balaban J connectivity index is 1.98. The summed E-state index contributed by atoms with van der Waals surface area (Å²) in [5.41, 5.74) is 1.50. The summed E-state index contributed by atoms with van der Waals surface area (Å²) >= 11 is 6.02. The summed E-state index contributed by atoms with van der Waals surface area (Å²) < 4.78 is 0. The molecule has 5 nitrogen and oxygen atoms in total. The summed E-state index contributed by atoms with van der Waals surface area (Å²) in [4.78, 5) is 24.4. The van der Waals surface area contributed by atoms with Gasteiger partial charge in [0.1, 0.15) is 6.04 Å². The topological polar surface area (TPSA) is 73.7 Å². The predicted octanol–water partition coefficient (Wildman–Crippen LogP) is 0.164. The highest BCUT2D eigenvalue weighted by atomic mass is 35.5. The van der Waals surface area contributed by atoms with Gasteiger partial charge in [-0.05, 0) is 43.9 Å². The van der Waals surface area contributed by atoms with Crippen LogP contribution < -0.4 is 15.3 Å². The largest absolute Gasteiger partial charge is 0.544 e. The average molecular weight is 325 g/mol. The van der Waals surface area contributed by atoms with Gasteiger partial charge in [0.2, 0.25) is 5.91 Å². The van der Waals surface area contributed by atoms with Crippen molar-refractivity contribution in [1.82, 2.24) is 0 Å². The molecule has 1 fully saturated rings. The van der Waals surface area contributed by atoms with E-state index in [1.54, 1.807) is 12.1 Å². The minimum Gasteiger partial charge on any atom is -0.544 e. The van der Waals surface area contributed by atoms with Crippen LogP contribution in [-0.4, -0.2) is 31.0 Å². The molecule has 0 aromatic heterocycles. The molecule has 0 saturated carbocycles. The zero-order chi connectivity index (χ0) is 16.1. The van der Waals surface area contributed by atoms with E-state index in [-0.39, 0.29) is 12.3 Å². The lowest BCUT2D eigenvalue weighted by molar-refractivity contribution is -0.922. The number of halogens is 1. The van der Waals surface area contributed by atoms with Crippen LogP contribution in [0, 0.1) is 6.92 Å². The number of hydrogen-bond donors (Lipinski definition) is 2. The van der Waals surface area contributed by atoms with E-state index in [2.05, 4.69) is 5.32 Å². The number of rotatable bonds is 5. The number of nitrogens with one attached hydrogen (secondary N) is 2. The highest BCUT2D eigenvalue weighted by Crippen LogP contribution is 2.20. The Labute approximate surface area is 135 Å². The first kappa shape index (κ1) is 16.8. The van der Waals surface area contributed by atoms with Gasteiger partial charge in [-0.1, -0.05) is 17.7 Å². The summed E-state index contributed by atoms with van der Waals surface area (Å²) in [6.45, 7) is 3.43. The molecule has 1 aliphatic rings. The van der Waals surface area contributed by atoms with Gasteiger partial charge in [-0.3, -0.25) is 4.79 Å². The first-order valence-electron chi connectivity index (χ1n) is 7.59. The highest BCUT2D eigenvalue weighted by Gasteiger charge is 2.27. The van der Waals surface area contributed by atoms with Gasteiger partial charge in [0.25, 0.3) is 0 Å². The fourth-order valence-corrected chi connectivity index (χ4v) is 3.00. The Morgan fingerprint density at radius 1 is 1.32 bits per heavy atom. The predicted molar refractivity (Wildman–Crippen MR) is 82.8 cm³/mol. The fourth-order valence-electron chi connectivity index (χ4n) is 2.82. The van der Waals surface area contributed by atoms with Gasteiger partial charge in [0, 0.05) is 10.7 Å². The van der Waals surface area contributed by atoms with Crippen LogP contribution in [0.5, 0.6) is 0 Å². The van der Waals surface area contributed by atoms with E-state index in [1.165, 1.54) is 0 Å². The maximum Gasteiger partial charge on any atom is 0.230 e. The Hall–Kier alpha value is -1.59. The van der Waals surface area contributed by atoms with Gasteiger partial charge < -0.3 is 20.1 Å². The number of carboxylic acids is 1. The number of aliphatic carboxylic acids is 1. The van der Waals surface area contributed by atoms with Crippen molar-refractivity contribution in [2.24, 2.45) is 0 Å². The second-order valence-electron chi connectivity index (χ2n) is 5.81. The smallest absolute Gasteiger partial charge is 0.230 e. The molecule has 1 amide bonds. The van der Waals surface area contributed by atoms with Crippen molar-refractivity contribution in [2.45, 2.75) is 38.6 Å². The standard InChI is InChI=1S/C16H21ClN2O3/c1-11-5-6-12(9-13(11)17)18-15(20)10-14(16(21)22)19-7-3-2-4-8-19/h5-6,9,14H,2-4,7-8,10H2,1H3,(H,18,20)(H,21,22)/t14-/m1/s1. The van der Waals surface area contributed by atoms with Crippen LogP contribution in [0.4, 0.5) is 5.69 Å². The van der Waals surface area contributed by atoms with Gasteiger partial charge in [-0.25, -0.2) is 0 Å². The molecule has 0 bridgehead atoms. The van der Waals surface area contributed by atoms with E-state index in [0.29, 0.717) is 10.7 Å². The molecule has 0 radical (unpaired) electrons. The molecule has 1 aromatic carbocycles. The number of hydrogen-bond acceptors (Lipinski definition) is 3. The Morgan fingerprint density at radius 3 is 2.59 bits per heavy atom. The van der Waals surface area contributed by atoms with Crippen LogP contribution in [0.3, 0.4) is 0 Å². The molecule has 1 heterocycles. The highest BCUT2D eigenvalue weighted by molar-refractivity contribution is 6.31. The van der Waals surface area contributed by atoms with Crippen molar-refractivity contribution in [2.75, 3.05) is 18.4 Å². The van der Waals surface area contributed by atoms with E-state index in [4.69, 9.17) is 11.6 Å². The molecule has 1 aromatic rings. The van der Waals surface area contributed by atoms with Crippen LogP contribution >= 0.6 is 11.6 Å². The number of piperidine rings is 1. The molecule has 1 aliphatic heterocycles. The Kier molecular flexibility index (Phi) is 5.80. The molecule has 2 rings (SSSR count). The molecule has 22 heavy (non-hydrogen) atoms. The van der Waals surface area contributed by atoms with Crippen LogP contribution in [0.25, 0.3) is 0 Å². The third-order valence-corrected chi connectivity index (χ3v) is 4.53. The Morgan fingerprint density at radius 2 is 2.00 bits per heavy atom. The molecule has 6 heteroatoms. The zero-order valence-electron chi connectivity index (χ0n) is 12.7. The van der Waals surface area contributed by atoms with Crippen molar-refractivity contribution in [3.8, 4) is 0 Å². The maximum absolute atomic E-state index is 12.1. The van der Waals surface area contributed by atoms with Crippen molar-refractivity contribution >= 4 is 29.2 Å². The quantitative estimate of drug-likeness (QED) is 0.810. The van der Waals surface area contributed by atoms with Gasteiger partial charge in [-0.2, -0.15) is 0 Å². The van der Waals surface area contributed by atoms with Crippen LogP contribution in [0.2, 0.25) is 5.02 Å². The van der Waals surface area contributed by atoms with Crippen molar-refractivity contribution in [1.29, 1.82) is 0 Å². The number of carbonyl (C=O) groups excluding carboxylic acids is 2. The summed E-state index contributed by atoms with van der Waals surface area (Å²) in [6, 6.07) is 4.43. The normalized spacial score (nSPS) is 17.0. The number of carboxylic acid groups (broad SMARTS) is 1. The maximum atomic E-state index is 12.1. The van der Waals surface area contributed by atoms with Crippen molar-refractivity contribution < 1.29 is 19.6 Å². The van der Waals surface area contributed by atoms with Crippen molar-refractivity contribution in [3.63, 3.8) is 0 Å². The monoisotopic (exact) mass is 324 g/mol. The second-order valence-corrected chi connectivity index (χ2v) is 6.21. The molecule has 0 aliphatic carbocycles.